The van der Waals surface area contributed by atoms with E-state index in [2.05, 4.69) is 6.07 Å². The molecular weight excluding hydrogens is 516 g/mol. The van der Waals surface area contributed by atoms with E-state index < -0.39 is 0 Å². The van der Waals surface area contributed by atoms with E-state index in [0.29, 0.717) is 65.7 Å². The standard InChI is InChI=1S/C28H32N6O4S/c1-2-38-27(37)18-9-12-32(13-10-18)25(35)23-14-22-24(39-23)26(36)34(16-20-7-4-3-6-19(20)15-29)28(31-22)33-11-5-8-21(30)17-33/h3-4,6-7,14,18,21H,2,5,8-13,16-17,30H2,1H3. The lowest BCUT2D eigenvalue weighted by Crippen LogP contribution is -2.45. The van der Waals surface area contributed by atoms with E-state index in [1.165, 1.54) is 0 Å². The molecule has 11 heteroatoms. The summed E-state index contributed by atoms with van der Waals surface area (Å²) in [6.07, 6.45) is 2.90. The molecule has 4 heterocycles. The summed E-state index contributed by atoms with van der Waals surface area (Å²) in [5.41, 5.74) is 7.72. The zero-order valence-electron chi connectivity index (χ0n) is 22.0. The topological polar surface area (TPSA) is 135 Å². The van der Waals surface area contributed by atoms with Gasteiger partial charge in [-0.15, -0.1) is 11.3 Å². The van der Waals surface area contributed by atoms with Gasteiger partial charge in [-0.25, -0.2) is 4.98 Å². The SMILES string of the molecule is CCOC(=O)C1CCN(C(=O)c2cc3nc(N4CCCC(N)C4)n(Cc4ccccc4C#N)c(=O)c3s2)CC1. The normalized spacial score (nSPS) is 18.2. The third kappa shape index (κ3) is 5.53. The predicted molar refractivity (Wildman–Crippen MR) is 149 cm³/mol. The lowest BCUT2D eigenvalue weighted by Gasteiger charge is -2.33. The molecule has 0 saturated carbocycles. The van der Waals surface area contributed by atoms with Crippen molar-refractivity contribution in [2.75, 3.05) is 37.7 Å². The lowest BCUT2D eigenvalue weighted by atomic mass is 9.97. The van der Waals surface area contributed by atoms with E-state index in [1.807, 2.05) is 17.0 Å². The molecule has 0 bridgehead atoms. The van der Waals surface area contributed by atoms with Gasteiger partial charge in [-0.1, -0.05) is 18.2 Å². The molecule has 2 N–H and O–H groups in total. The first-order valence-electron chi connectivity index (χ1n) is 13.4. The summed E-state index contributed by atoms with van der Waals surface area (Å²) in [5, 5.41) is 9.61. The molecular formula is C28H32N6O4S. The number of ether oxygens (including phenoxy) is 1. The molecule has 0 radical (unpaired) electrons. The number of esters is 1. The number of thiophene rings is 1. The van der Waals surface area contributed by atoms with Crippen molar-refractivity contribution >= 4 is 39.4 Å². The highest BCUT2D eigenvalue weighted by atomic mass is 32.1. The summed E-state index contributed by atoms with van der Waals surface area (Å²) in [5.74, 6) is -0.0655. The van der Waals surface area contributed by atoms with Crippen LogP contribution < -0.4 is 16.2 Å². The monoisotopic (exact) mass is 548 g/mol. The Kier molecular flexibility index (Phi) is 7.95. The maximum Gasteiger partial charge on any atom is 0.309 e. The fourth-order valence-electron chi connectivity index (χ4n) is 5.35. The molecule has 2 aliphatic rings. The third-order valence-electron chi connectivity index (χ3n) is 7.43. The summed E-state index contributed by atoms with van der Waals surface area (Å²) >= 11 is 1.14. The molecule has 10 nitrogen and oxygen atoms in total. The van der Waals surface area contributed by atoms with Gasteiger partial charge >= 0.3 is 5.97 Å². The number of carbonyl (C=O) groups excluding carboxylic acids is 2. The number of benzene rings is 1. The Morgan fingerprint density at radius 3 is 2.69 bits per heavy atom. The van der Waals surface area contributed by atoms with Gasteiger partial charge in [0.2, 0.25) is 5.95 Å². The quantitative estimate of drug-likeness (QED) is 0.465. The third-order valence-corrected chi connectivity index (χ3v) is 8.53. The van der Waals surface area contributed by atoms with Crippen LogP contribution in [0.15, 0.2) is 35.1 Å². The molecule has 2 fully saturated rings. The number of likely N-dealkylation sites (tertiary alicyclic amines) is 1. The Morgan fingerprint density at radius 1 is 1.21 bits per heavy atom. The van der Waals surface area contributed by atoms with Crippen molar-refractivity contribution in [2.45, 2.75) is 45.2 Å². The van der Waals surface area contributed by atoms with Crippen LogP contribution >= 0.6 is 11.3 Å². The van der Waals surface area contributed by atoms with Crippen molar-refractivity contribution in [3.8, 4) is 6.07 Å². The van der Waals surface area contributed by atoms with Gasteiger partial charge in [0.25, 0.3) is 11.5 Å². The van der Waals surface area contributed by atoms with Gasteiger partial charge in [0, 0.05) is 32.2 Å². The molecule has 1 atom stereocenters. The molecule has 1 unspecified atom stereocenters. The first-order valence-corrected chi connectivity index (χ1v) is 14.2. The summed E-state index contributed by atoms with van der Waals surface area (Å²) < 4.78 is 7.14. The van der Waals surface area contributed by atoms with E-state index in [1.54, 1.807) is 34.6 Å². The highest BCUT2D eigenvalue weighted by molar-refractivity contribution is 7.20. The predicted octanol–water partition coefficient (Wildman–Crippen LogP) is 2.72. The highest BCUT2D eigenvalue weighted by Crippen LogP contribution is 2.28. The Bertz CT molecular complexity index is 1480. The van der Waals surface area contributed by atoms with Crippen LogP contribution in [0.2, 0.25) is 0 Å². The largest absolute Gasteiger partial charge is 0.466 e. The Labute approximate surface area is 230 Å². The number of hydrogen-bond acceptors (Lipinski definition) is 9. The average molecular weight is 549 g/mol. The van der Waals surface area contributed by atoms with Crippen LogP contribution in [0, 0.1) is 17.2 Å². The van der Waals surface area contributed by atoms with Gasteiger partial charge in [-0.05, 0) is 50.3 Å². The number of aromatic nitrogens is 2. The second-order valence-electron chi connectivity index (χ2n) is 10.1. The smallest absolute Gasteiger partial charge is 0.309 e. The fraction of sp³-hybridized carbons (Fsp3) is 0.464. The number of amides is 1. The Morgan fingerprint density at radius 2 is 1.97 bits per heavy atom. The number of nitriles is 1. The van der Waals surface area contributed by atoms with E-state index in [-0.39, 0.29) is 35.9 Å². The zero-order valence-corrected chi connectivity index (χ0v) is 22.8. The van der Waals surface area contributed by atoms with Crippen LogP contribution in [0.5, 0.6) is 0 Å². The first-order chi connectivity index (χ1) is 18.9. The molecule has 39 heavy (non-hydrogen) atoms. The number of hydrogen-bond donors (Lipinski definition) is 1. The molecule has 1 aromatic carbocycles. The molecule has 1 amide bonds. The second kappa shape index (κ2) is 11.6. The zero-order chi connectivity index (χ0) is 27.5. The van der Waals surface area contributed by atoms with Crippen LogP contribution in [0.1, 0.15) is 53.4 Å². The van der Waals surface area contributed by atoms with Crippen LogP contribution in [0.3, 0.4) is 0 Å². The molecule has 2 saturated heterocycles. The van der Waals surface area contributed by atoms with Crippen LogP contribution in [-0.4, -0.2) is 65.2 Å². The summed E-state index contributed by atoms with van der Waals surface area (Å²) in [6.45, 7) is 4.52. The van der Waals surface area contributed by atoms with Crippen molar-refractivity contribution in [2.24, 2.45) is 11.7 Å². The van der Waals surface area contributed by atoms with Crippen molar-refractivity contribution in [1.29, 1.82) is 5.26 Å². The minimum Gasteiger partial charge on any atom is -0.466 e. The van der Waals surface area contributed by atoms with Gasteiger partial charge in [0.05, 0.1) is 41.1 Å². The van der Waals surface area contributed by atoms with E-state index in [9.17, 15) is 19.6 Å². The van der Waals surface area contributed by atoms with Gasteiger partial charge < -0.3 is 20.3 Å². The molecule has 204 valence electrons. The molecule has 3 aromatic rings. The lowest BCUT2D eigenvalue weighted by molar-refractivity contribution is -0.149. The van der Waals surface area contributed by atoms with E-state index in [0.717, 1.165) is 36.3 Å². The van der Waals surface area contributed by atoms with Gasteiger partial charge in [-0.2, -0.15) is 5.26 Å². The fourth-order valence-corrected chi connectivity index (χ4v) is 6.37. The summed E-state index contributed by atoms with van der Waals surface area (Å²) in [6, 6.07) is 11.1. The summed E-state index contributed by atoms with van der Waals surface area (Å²) in [7, 11) is 0. The maximum absolute atomic E-state index is 13.9. The molecule has 2 aromatic heterocycles. The van der Waals surface area contributed by atoms with Crippen molar-refractivity contribution in [3.63, 3.8) is 0 Å². The number of fused-ring (bicyclic) bond motifs is 1. The summed E-state index contributed by atoms with van der Waals surface area (Å²) in [4.78, 5) is 48.4. The number of carbonyl (C=O) groups is 2. The van der Waals surface area contributed by atoms with Crippen LogP contribution in [0.25, 0.3) is 10.2 Å². The maximum atomic E-state index is 13.9. The van der Waals surface area contributed by atoms with E-state index in [4.69, 9.17) is 15.5 Å². The average Bonchev–Trinajstić information content (AvgIpc) is 3.39. The molecule has 2 aliphatic heterocycles. The molecule has 5 rings (SSSR count). The van der Waals surface area contributed by atoms with Gasteiger partial charge in [0.1, 0.15) is 4.70 Å². The van der Waals surface area contributed by atoms with Crippen LogP contribution in [-0.2, 0) is 16.1 Å². The van der Waals surface area contributed by atoms with Gasteiger partial charge in [0.15, 0.2) is 0 Å². The van der Waals surface area contributed by atoms with Gasteiger partial charge in [-0.3, -0.25) is 19.0 Å². The van der Waals surface area contributed by atoms with Crippen molar-refractivity contribution in [1.82, 2.24) is 14.5 Å². The Hall–Kier alpha value is -3.75. The van der Waals surface area contributed by atoms with Crippen molar-refractivity contribution < 1.29 is 14.3 Å². The Balaban J connectivity index is 1.48. The number of nitrogens with two attached hydrogens (primary N) is 1. The highest BCUT2D eigenvalue weighted by Gasteiger charge is 2.30. The minimum absolute atomic E-state index is 0.0247. The van der Waals surface area contributed by atoms with Crippen molar-refractivity contribution in [3.05, 3.63) is 56.7 Å². The molecule has 0 spiro atoms. The molecule has 0 aliphatic carbocycles. The first kappa shape index (κ1) is 26.8. The number of piperidine rings is 2. The minimum atomic E-state index is -0.244. The number of rotatable bonds is 6. The second-order valence-corrected chi connectivity index (χ2v) is 11.1. The van der Waals surface area contributed by atoms with E-state index >= 15 is 0 Å². The number of nitrogens with zero attached hydrogens (tertiary/aromatic N) is 5. The van der Waals surface area contributed by atoms with Crippen LogP contribution in [0.4, 0.5) is 5.95 Å². The number of anilines is 1.